The predicted octanol–water partition coefficient (Wildman–Crippen LogP) is 3.56. The maximum atomic E-state index is 12.1. The molecule has 0 saturated carbocycles. The van der Waals surface area contributed by atoms with E-state index in [1.54, 1.807) is 13.3 Å². The van der Waals surface area contributed by atoms with E-state index in [9.17, 15) is 4.79 Å². The first-order valence-corrected chi connectivity index (χ1v) is 9.42. The summed E-state index contributed by atoms with van der Waals surface area (Å²) in [5.74, 6) is -0.00576. The zero-order valence-electron chi connectivity index (χ0n) is 16.8. The van der Waals surface area contributed by atoms with Crippen LogP contribution in [0.1, 0.15) is 18.9 Å². The Kier molecular flexibility index (Phi) is 5.97. The second-order valence-corrected chi connectivity index (χ2v) is 6.94. The first-order chi connectivity index (χ1) is 14.0. The summed E-state index contributed by atoms with van der Waals surface area (Å²) in [6, 6.07) is 11.8. The number of nitrogens with one attached hydrogen (secondary N) is 4. The van der Waals surface area contributed by atoms with Crippen LogP contribution in [-0.4, -0.2) is 38.5 Å². The van der Waals surface area contributed by atoms with Gasteiger partial charge in [-0.05, 0) is 30.7 Å². The number of carbonyl (C=O) groups excluding carboxylic acids is 1. The third-order valence-corrected chi connectivity index (χ3v) is 4.85. The highest BCUT2D eigenvalue weighted by Gasteiger charge is 2.21. The van der Waals surface area contributed by atoms with E-state index in [0.717, 1.165) is 33.8 Å². The Morgan fingerprint density at radius 1 is 1.34 bits per heavy atom. The van der Waals surface area contributed by atoms with Crippen LogP contribution < -0.4 is 21.7 Å². The van der Waals surface area contributed by atoms with Crippen molar-refractivity contribution in [1.29, 1.82) is 5.41 Å². The Morgan fingerprint density at radius 2 is 2.14 bits per heavy atom. The minimum atomic E-state index is -0.00576. The number of amides is 1. The largest absolute Gasteiger partial charge is 0.398 e. The van der Waals surface area contributed by atoms with Crippen LogP contribution in [0.2, 0.25) is 0 Å². The van der Waals surface area contributed by atoms with Gasteiger partial charge in [-0.25, -0.2) is 0 Å². The zero-order chi connectivity index (χ0) is 21.0. The Labute approximate surface area is 170 Å². The molecule has 0 radical (unpaired) electrons. The Hall–Kier alpha value is -3.61. The summed E-state index contributed by atoms with van der Waals surface area (Å²) in [5.41, 5.74) is 12.6. The fourth-order valence-electron chi connectivity index (χ4n) is 3.46. The summed E-state index contributed by atoms with van der Waals surface area (Å²) in [4.78, 5) is 16.1. The molecule has 0 bridgehead atoms. The first kappa shape index (κ1) is 20.1. The molecule has 0 aromatic heterocycles. The summed E-state index contributed by atoms with van der Waals surface area (Å²) in [6.07, 6.45) is 3.18. The monoisotopic (exact) mass is 390 g/mol. The molecule has 2 aromatic rings. The Balaban J connectivity index is 2.18. The Bertz CT molecular complexity index is 1010. The lowest BCUT2D eigenvalue weighted by Gasteiger charge is -2.18. The molecule has 0 spiro atoms. The molecule has 29 heavy (non-hydrogen) atoms. The number of anilines is 3. The topological polar surface area (TPSA) is 115 Å². The number of carbonyl (C=O) groups is 1. The molecule has 7 nitrogen and oxygen atoms in total. The summed E-state index contributed by atoms with van der Waals surface area (Å²) in [5, 5.41) is 17.2. The van der Waals surface area contributed by atoms with Gasteiger partial charge in [0.05, 0.1) is 17.1 Å². The fraction of sp³-hybridized carbons (Fsp3) is 0.227. The third kappa shape index (κ3) is 4.13. The molecule has 1 atom stereocenters. The maximum Gasteiger partial charge on any atom is 0.226 e. The lowest BCUT2D eigenvalue weighted by molar-refractivity contribution is -0.116. The number of rotatable bonds is 5. The number of nitrogens with two attached hydrogens (primary N) is 1. The van der Waals surface area contributed by atoms with Crippen LogP contribution in [0, 0.1) is 5.41 Å². The van der Waals surface area contributed by atoms with Gasteiger partial charge in [0.1, 0.15) is 0 Å². The molecule has 0 unspecified atom stereocenters. The molecule has 2 aromatic carbocycles. The van der Waals surface area contributed by atoms with Crippen molar-refractivity contribution in [2.24, 2.45) is 10.7 Å². The molecule has 1 heterocycles. The smallest absolute Gasteiger partial charge is 0.226 e. The van der Waals surface area contributed by atoms with E-state index in [2.05, 4.69) is 20.9 Å². The molecule has 0 saturated heterocycles. The quantitative estimate of drug-likeness (QED) is 0.502. The number of para-hydroxylation sites is 1. The average molecular weight is 390 g/mol. The number of fused-ring (bicyclic) bond motifs is 1. The van der Waals surface area contributed by atoms with Gasteiger partial charge in [-0.2, -0.15) is 0 Å². The highest BCUT2D eigenvalue weighted by atomic mass is 16.1. The molecular formula is C22H26N6O. The van der Waals surface area contributed by atoms with Crippen LogP contribution in [0.25, 0.3) is 16.8 Å². The van der Waals surface area contributed by atoms with Crippen molar-refractivity contribution in [3.8, 4) is 11.1 Å². The number of nitrogens with zero attached hydrogens (tertiary/aromatic N) is 1. The number of aliphatic imine (C=N–C) groups is 1. The second kappa shape index (κ2) is 8.60. The number of allylic oxidation sites excluding steroid dienone is 1. The minimum absolute atomic E-state index is 0.00576. The molecule has 1 amide bonds. The third-order valence-electron chi connectivity index (χ3n) is 4.85. The molecular weight excluding hydrogens is 364 g/mol. The van der Waals surface area contributed by atoms with Gasteiger partial charge in [0.15, 0.2) is 0 Å². The number of benzene rings is 2. The van der Waals surface area contributed by atoms with E-state index >= 15 is 0 Å². The van der Waals surface area contributed by atoms with Crippen LogP contribution in [-0.2, 0) is 4.79 Å². The van der Waals surface area contributed by atoms with Gasteiger partial charge < -0.3 is 27.1 Å². The van der Waals surface area contributed by atoms with Crippen LogP contribution in [0.3, 0.4) is 0 Å². The van der Waals surface area contributed by atoms with Crippen LogP contribution >= 0.6 is 0 Å². The summed E-state index contributed by atoms with van der Waals surface area (Å²) < 4.78 is 0. The van der Waals surface area contributed by atoms with Crippen molar-refractivity contribution < 1.29 is 4.79 Å². The fourth-order valence-corrected chi connectivity index (χ4v) is 3.46. The van der Waals surface area contributed by atoms with Gasteiger partial charge in [0, 0.05) is 61.4 Å². The van der Waals surface area contributed by atoms with Crippen LogP contribution in [0.15, 0.2) is 47.0 Å². The number of hydrogen-bond acceptors (Lipinski definition) is 6. The summed E-state index contributed by atoms with van der Waals surface area (Å²) in [7, 11) is 3.48. The van der Waals surface area contributed by atoms with Gasteiger partial charge in [-0.15, -0.1) is 0 Å². The van der Waals surface area contributed by atoms with Gasteiger partial charge in [-0.1, -0.05) is 18.2 Å². The lowest BCUT2D eigenvalue weighted by atomic mass is 9.96. The maximum absolute atomic E-state index is 12.1. The summed E-state index contributed by atoms with van der Waals surface area (Å²) in [6.45, 7) is 1.99. The molecule has 3 rings (SSSR count). The lowest BCUT2D eigenvalue weighted by Crippen LogP contribution is -2.19. The van der Waals surface area contributed by atoms with Crippen molar-refractivity contribution in [2.75, 3.05) is 30.0 Å². The Morgan fingerprint density at radius 3 is 2.83 bits per heavy atom. The molecule has 6 N–H and O–H groups in total. The van der Waals surface area contributed by atoms with E-state index in [-0.39, 0.29) is 11.9 Å². The SMILES string of the molecule is CN=C/C(C=N)=C(\N)c1cc(-c2cccc3c2N[C@H](C)CC(=O)N3)ccc1NC. The van der Waals surface area contributed by atoms with Crippen molar-refractivity contribution in [2.45, 2.75) is 19.4 Å². The molecule has 1 aliphatic heterocycles. The summed E-state index contributed by atoms with van der Waals surface area (Å²) >= 11 is 0. The number of hydrogen-bond donors (Lipinski definition) is 5. The van der Waals surface area contributed by atoms with Crippen molar-refractivity contribution in [3.05, 3.63) is 47.5 Å². The molecule has 0 fully saturated rings. The molecule has 7 heteroatoms. The van der Waals surface area contributed by atoms with Crippen molar-refractivity contribution >= 4 is 41.1 Å². The minimum Gasteiger partial charge on any atom is -0.398 e. The van der Waals surface area contributed by atoms with E-state index in [4.69, 9.17) is 11.1 Å². The first-order valence-electron chi connectivity index (χ1n) is 9.42. The van der Waals surface area contributed by atoms with Gasteiger partial charge in [-0.3, -0.25) is 9.79 Å². The second-order valence-electron chi connectivity index (χ2n) is 6.94. The van der Waals surface area contributed by atoms with Crippen LogP contribution in [0.5, 0.6) is 0 Å². The highest BCUT2D eigenvalue weighted by Crippen LogP contribution is 2.38. The average Bonchev–Trinajstić information content (AvgIpc) is 2.86. The standard InChI is InChI=1S/C22H26N6O/c1-13-9-20(29)28-19-6-4-5-16(22(19)27-13)14-7-8-18(26-3)17(10-14)21(24)15(11-23)12-25-2/h4-8,10-13,23,26-27H,9,24H2,1-3H3,(H,28,29)/b21-15-,23-11?,25-12?/t13-/m1/s1. The predicted molar refractivity (Wildman–Crippen MR) is 122 cm³/mol. The molecule has 150 valence electrons. The van der Waals surface area contributed by atoms with E-state index < -0.39 is 0 Å². The van der Waals surface area contributed by atoms with Crippen LogP contribution in [0.4, 0.5) is 17.1 Å². The van der Waals surface area contributed by atoms with Gasteiger partial charge in [0.25, 0.3) is 0 Å². The molecule has 1 aliphatic rings. The normalized spacial score (nSPS) is 16.9. The van der Waals surface area contributed by atoms with Gasteiger partial charge in [0.2, 0.25) is 5.91 Å². The van der Waals surface area contributed by atoms with Crippen molar-refractivity contribution in [3.63, 3.8) is 0 Å². The van der Waals surface area contributed by atoms with Gasteiger partial charge >= 0.3 is 0 Å². The molecule has 0 aliphatic carbocycles. The van der Waals surface area contributed by atoms with Crippen molar-refractivity contribution in [1.82, 2.24) is 0 Å². The van der Waals surface area contributed by atoms with E-state index in [1.165, 1.54) is 6.21 Å². The zero-order valence-corrected chi connectivity index (χ0v) is 16.8. The van der Waals surface area contributed by atoms with E-state index in [1.807, 2.05) is 50.4 Å². The highest BCUT2D eigenvalue weighted by molar-refractivity contribution is 6.11. The van der Waals surface area contributed by atoms with E-state index in [0.29, 0.717) is 17.7 Å².